The van der Waals surface area contributed by atoms with Crippen LogP contribution in [0.1, 0.15) is 34.3 Å². The maximum absolute atomic E-state index is 13.3. The molecule has 3 rings (SSSR count). The average molecular weight is 326 g/mol. The third-order valence-electron chi connectivity index (χ3n) is 4.02. The van der Waals surface area contributed by atoms with Gasteiger partial charge in [-0.1, -0.05) is 18.2 Å². The number of anilines is 1. The highest BCUT2D eigenvalue weighted by molar-refractivity contribution is 5.98. The Labute approximate surface area is 140 Å². The van der Waals surface area contributed by atoms with Gasteiger partial charge in [0.1, 0.15) is 5.82 Å². The summed E-state index contributed by atoms with van der Waals surface area (Å²) in [6, 6.07) is 11.6. The Bertz CT molecular complexity index is 785. The number of nitrogens with one attached hydrogen (secondary N) is 2. The van der Waals surface area contributed by atoms with Crippen LogP contribution in [0.25, 0.3) is 0 Å². The van der Waals surface area contributed by atoms with E-state index in [-0.39, 0.29) is 23.5 Å². The van der Waals surface area contributed by atoms with Gasteiger partial charge in [-0.15, -0.1) is 0 Å². The summed E-state index contributed by atoms with van der Waals surface area (Å²) in [6.07, 6.45) is 1.87. The van der Waals surface area contributed by atoms with E-state index in [0.29, 0.717) is 23.4 Å². The molecule has 0 bridgehead atoms. The van der Waals surface area contributed by atoms with Crippen LogP contribution in [0.5, 0.6) is 0 Å². The van der Waals surface area contributed by atoms with Crippen molar-refractivity contribution in [2.45, 2.75) is 26.3 Å². The molecule has 0 saturated heterocycles. The molecule has 0 aliphatic heterocycles. The lowest BCUT2D eigenvalue weighted by Crippen LogP contribution is -2.23. The van der Waals surface area contributed by atoms with Gasteiger partial charge in [-0.2, -0.15) is 0 Å². The Morgan fingerprint density at radius 1 is 1.17 bits per heavy atom. The van der Waals surface area contributed by atoms with Crippen LogP contribution >= 0.6 is 0 Å². The number of carbonyl (C=O) groups is 2. The van der Waals surface area contributed by atoms with Crippen LogP contribution in [0.15, 0.2) is 42.5 Å². The van der Waals surface area contributed by atoms with Crippen molar-refractivity contribution in [3.63, 3.8) is 0 Å². The van der Waals surface area contributed by atoms with Crippen LogP contribution in [0, 0.1) is 18.7 Å². The summed E-state index contributed by atoms with van der Waals surface area (Å²) in [6.45, 7) is 2.01. The Kier molecular flexibility index (Phi) is 4.60. The van der Waals surface area contributed by atoms with Gasteiger partial charge in [0.15, 0.2) is 0 Å². The number of hydrogen-bond donors (Lipinski definition) is 2. The van der Waals surface area contributed by atoms with Crippen LogP contribution < -0.4 is 10.6 Å². The predicted molar refractivity (Wildman–Crippen MR) is 90.1 cm³/mol. The molecular weight excluding hydrogens is 307 g/mol. The number of amides is 2. The van der Waals surface area contributed by atoms with Crippen molar-refractivity contribution in [3.05, 3.63) is 65.0 Å². The van der Waals surface area contributed by atoms with Crippen molar-refractivity contribution >= 4 is 17.5 Å². The third-order valence-corrected chi connectivity index (χ3v) is 4.02. The van der Waals surface area contributed by atoms with E-state index in [9.17, 15) is 14.0 Å². The minimum absolute atomic E-state index is 0.00865. The lowest BCUT2D eigenvalue weighted by Gasteiger charge is -2.09. The first-order valence-electron chi connectivity index (χ1n) is 7.97. The van der Waals surface area contributed by atoms with E-state index in [1.54, 1.807) is 43.3 Å². The highest BCUT2D eigenvalue weighted by atomic mass is 19.1. The monoisotopic (exact) mass is 326 g/mol. The van der Waals surface area contributed by atoms with Crippen molar-refractivity contribution in [1.29, 1.82) is 0 Å². The number of carbonyl (C=O) groups excluding carboxylic acids is 2. The smallest absolute Gasteiger partial charge is 0.251 e. The molecule has 2 aromatic carbocycles. The Hall–Kier alpha value is -2.69. The molecule has 24 heavy (non-hydrogen) atoms. The van der Waals surface area contributed by atoms with Crippen molar-refractivity contribution in [3.8, 4) is 0 Å². The molecule has 1 fully saturated rings. The molecular formula is C19H19FN2O2. The summed E-state index contributed by atoms with van der Waals surface area (Å²) in [5, 5.41) is 5.63. The molecule has 2 aromatic rings. The van der Waals surface area contributed by atoms with Crippen molar-refractivity contribution in [2.24, 2.45) is 5.92 Å². The Morgan fingerprint density at radius 2 is 1.96 bits per heavy atom. The van der Waals surface area contributed by atoms with E-state index in [1.807, 2.05) is 0 Å². The summed E-state index contributed by atoms with van der Waals surface area (Å²) in [5.41, 5.74) is 2.48. The molecule has 5 heteroatoms. The van der Waals surface area contributed by atoms with E-state index in [4.69, 9.17) is 0 Å². The molecule has 0 spiro atoms. The van der Waals surface area contributed by atoms with E-state index in [0.717, 1.165) is 18.4 Å². The minimum atomic E-state index is -0.260. The second-order valence-corrected chi connectivity index (χ2v) is 6.11. The fourth-order valence-electron chi connectivity index (χ4n) is 2.43. The number of aryl methyl sites for hydroxylation is 1. The molecule has 0 radical (unpaired) electrons. The fraction of sp³-hybridized carbons (Fsp3) is 0.263. The van der Waals surface area contributed by atoms with Crippen LogP contribution in [0.2, 0.25) is 0 Å². The number of rotatable bonds is 5. The van der Waals surface area contributed by atoms with Crippen molar-refractivity contribution < 1.29 is 14.0 Å². The Balaban J connectivity index is 1.61. The summed E-state index contributed by atoms with van der Waals surface area (Å²) in [5.74, 6) is -0.373. The Morgan fingerprint density at radius 3 is 2.67 bits per heavy atom. The summed E-state index contributed by atoms with van der Waals surface area (Å²) in [4.78, 5) is 24.0. The second kappa shape index (κ2) is 6.83. The van der Waals surface area contributed by atoms with Gasteiger partial charge in [0.25, 0.3) is 5.91 Å². The first-order chi connectivity index (χ1) is 11.5. The largest absolute Gasteiger partial charge is 0.348 e. The molecule has 124 valence electrons. The number of halogens is 1. The van der Waals surface area contributed by atoms with E-state index in [2.05, 4.69) is 10.6 Å². The molecule has 0 aromatic heterocycles. The summed E-state index contributed by atoms with van der Waals surface area (Å²) < 4.78 is 13.3. The van der Waals surface area contributed by atoms with Crippen LogP contribution in [-0.2, 0) is 11.3 Å². The standard InChI is InChI=1S/C19H19FN2O2/c1-12-9-13(5-8-17(12)20)11-21-18(23)15-3-2-4-16(10-15)22-19(24)14-6-7-14/h2-5,8-10,14H,6-7,11H2,1H3,(H,21,23)(H,22,24). The van der Waals surface area contributed by atoms with Crippen molar-refractivity contribution in [1.82, 2.24) is 5.32 Å². The minimum Gasteiger partial charge on any atom is -0.348 e. The highest BCUT2D eigenvalue weighted by Crippen LogP contribution is 2.30. The van der Waals surface area contributed by atoms with Gasteiger partial charge in [0, 0.05) is 23.7 Å². The summed E-state index contributed by atoms with van der Waals surface area (Å²) >= 11 is 0. The van der Waals surface area contributed by atoms with Gasteiger partial charge in [-0.25, -0.2) is 4.39 Å². The van der Waals surface area contributed by atoms with E-state index >= 15 is 0 Å². The van der Waals surface area contributed by atoms with Gasteiger partial charge in [0.2, 0.25) is 5.91 Å². The SMILES string of the molecule is Cc1cc(CNC(=O)c2cccc(NC(=O)C3CC3)c2)ccc1F. The zero-order valence-corrected chi connectivity index (χ0v) is 13.4. The van der Waals surface area contributed by atoms with Crippen molar-refractivity contribution in [2.75, 3.05) is 5.32 Å². The van der Waals surface area contributed by atoms with Gasteiger partial charge in [-0.05, 0) is 55.2 Å². The molecule has 1 aliphatic carbocycles. The van der Waals surface area contributed by atoms with E-state index < -0.39 is 0 Å². The van der Waals surface area contributed by atoms with Gasteiger partial charge < -0.3 is 10.6 Å². The van der Waals surface area contributed by atoms with Crippen LogP contribution in [0.4, 0.5) is 10.1 Å². The van der Waals surface area contributed by atoms with Crippen LogP contribution in [-0.4, -0.2) is 11.8 Å². The lowest BCUT2D eigenvalue weighted by atomic mass is 10.1. The number of benzene rings is 2. The highest BCUT2D eigenvalue weighted by Gasteiger charge is 2.29. The maximum atomic E-state index is 13.3. The fourth-order valence-corrected chi connectivity index (χ4v) is 2.43. The quantitative estimate of drug-likeness (QED) is 0.884. The van der Waals surface area contributed by atoms with Crippen LogP contribution in [0.3, 0.4) is 0 Å². The normalized spacial score (nSPS) is 13.4. The first kappa shape index (κ1) is 16.2. The summed E-state index contributed by atoms with van der Waals surface area (Å²) in [7, 11) is 0. The van der Waals surface area contributed by atoms with E-state index in [1.165, 1.54) is 6.07 Å². The van der Waals surface area contributed by atoms with Gasteiger partial charge >= 0.3 is 0 Å². The molecule has 1 aliphatic rings. The molecule has 1 saturated carbocycles. The third kappa shape index (κ3) is 3.98. The molecule has 0 heterocycles. The van der Waals surface area contributed by atoms with Gasteiger partial charge in [0.05, 0.1) is 0 Å². The molecule has 4 nitrogen and oxygen atoms in total. The maximum Gasteiger partial charge on any atom is 0.251 e. The molecule has 0 atom stereocenters. The average Bonchev–Trinajstić information content (AvgIpc) is 3.41. The topological polar surface area (TPSA) is 58.2 Å². The molecule has 2 amide bonds. The molecule has 2 N–H and O–H groups in total. The zero-order valence-electron chi connectivity index (χ0n) is 13.4. The number of hydrogen-bond acceptors (Lipinski definition) is 2. The predicted octanol–water partition coefficient (Wildman–Crippen LogP) is 3.41. The van der Waals surface area contributed by atoms with Gasteiger partial charge in [-0.3, -0.25) is 9.59 Å². The first-order valence-corrected chi connectivity index (χ1v) is 7.97. The second-order valence-electron chi connectivity index (χ2n) is 6.11. The lowest BCUT2D eigenvalue weighted by molar-refractivity contribution is -0.117. The zero-order chi connectivity index (χ0) is 17.1. The molecule has 0 unspecified atom stereocenters.